The fraction of sp³-hybridized carbons (Fsp3) is 0.833. The van der Waals surface area contributed by atoms with E-state index >= 15 is 0 Å². The number of rotatable bonds is 0. The van der Waals surface area contributed by atoms with E-state index in [4.69, 9.17) is 5.73 Å². The minimum Gasteiger partial charge on any atom is -0.341 e. The molecule has 0 saturated carbocycles. The van der Waals surface area contributed by atoms with E-state index in [-0.39, 0.29) is 11.9 Å². The van der Waals surface area contributed by atoms with Crippen LogP contribution in [0.5, 0.6) is 0 Å². The first-order valence-corrected chi connectivity index (χ1v) is 3.21. The van der Waals surface area contributed by atoms with E-state index in [1.165, 1.54) is 0 Å². The third kappa shape index (κ3) is 1.42. The van der Waals surface area contributed by atoms with Crippen LogP contribution in [-0.4, -0.2) is 29.9 Å². The van der Waals surface area contributed by atoms with Gasteiger partial charge in [-0.2, -0.15) is 0 Å². The molecular weight excluding hydrogens is 116 g/mol. The molecule has 1 heterocycles. The highest BCUT2D eigenvalue weighted by atomic mass is 16.2. The lowest BCUT2D eigenvalue weighted by molar-refractivity contribution is -0.127. The predicted octanol–water partition coefficient (Wildman–Crippen LogP) is -0.434. The van der Waals surface area contributed by atoms with Crippen LogP contribution in [0.15, 0.2) is 0 Å². The monoisotopic (exact) mass is 128 g/mol. The molecule has 1 aliphatic rings. The highest BCUT2D eigenvalue weighted by Gasteiger charge is 2.20. The second-order valence-corrected chi connectivity index (χ2v) is 2.51. The first-order chi connectivity index (χ1) is 4.20. The molecule has 3 heteroatoms. The predicted molar refractivity (Wildman–Crippen MR) is 34.8 cm³/mol. The van der Waals surface area contributed by atoms with Crippen LogP contribution < -0.4 is 5.73 Å². The lowest BCUT2D eigenvalue weighted by Crippen LogP contribution is -2.29. The Kier molecular flexibility index (Phi) is 1.71. The van der Waals surface area contributed by atoms with Gasteiger partial charge in [0, 0.05) is 26.1 Å². The van der Waals surface area contributed by atoms with Crippen molar-refractivity contribution < 1.29 is 4.79 Å². The van der Waals surface area contributed by atoms with Gasteiger partial charge in [0.25, 0.3) is 0 Å². The summed E-state index contributed by atoms with van der Waals surface area (Å²) in [6.07, 6.45) is 0.958. The van der Waals surface area contributed by atoms with Crippen molar-refractivity contribution in [2.45, 2.75) is 19.4 Å². The van der Waals surface area contributed by atoms with Crippen LogP contribution in [0, 0.1) is 0 Å². The number of hydrogen-bond acceptors (Lipinski definition) is 2. The maximum Gasteiger partial charge on any atom is 0.219 e. The second kappa shape index (κ2) is 2.35. The molecule has 2 N–H and O–H groups in total. The van der Waals surface area contributed by atoms with Crippen LogP contribution in [0.1, 0.15) is 13.3 Å². The van der Waals surface area contributed by atoms with Crippen molar-refractivity contribution in [2.24, 2.45) is 5.73 Å². The Hall–Kier alpha value is -0.570. The molecule has 1 atom stereocenters. The van der Waals surface area contributed by atoms with E-state index in [9.17, 15) is 4.79 Å². The minimum absolute atomic E-state index is 0.142. The van der Waals surface area contributed by atoms with Crippen LogP contribution in [0.2, 0.25) is 0 Å². The number of carbonyl (C=O) groups is 1. The van der Waals surface area contributed by atoms with Gasteiger partial charge < -0.3 is 10.6 Å². The van der Waals surface area contributed by atoms with Gasteiger partial charge in [0.1, 0.15) is 0 Å². The molecule has 0 bridgehead atoms. The number of nitrogens with zero attached hydrogens (tertiary/aromatic N) is 1. The highest BCUT2D eigenvalue weighted by molar-refractivity contribution is 5.73. The molecule has 0 spiro atoms. The van der Waals surface area contributed by atoms with Crippen LogP contribution >= 0.6 is 0 Å². The van der Waals surface area contributed by atoms with Gasteiger partial charge in [-0.1, -0.05) is 0 Å². The summed E-state index contributed by atoms with van der Waals surface area (Å²) in [7, 11) is 0. The van der Waals surface area contributed by atoms with Crippen molar-refractivity contribution in [1.29, 1.82) is 0 Å². The van der Waals surface area contributed by atoms with Crippen LogP contribution in [0.4, 0.5) is 0 Å². The molecule has 9 heavy (non-hydrogen) atoms. The van der Waals surface area contributed by atoms with Gasteiger partial charge >= 0.3 is 0 Å². The molecule has 1 saturated heterocycles. The van der Waals surface area contributed by atoms with Crippen LogP contribution in [-0.2, 0) is 4.79 Å². The van der Waals surface area contributed by atoms with Crippen molar-refractivity contribution in [3.8, 4) is 0 Å². The van der Waals surface area contributed by atoms with E-state index < -0.39 is 0 Å². The molecule has 0 aromatic carbocycles. The molecule has 1 fully saturated rings. The molecule has 0 unspecified atom stereocenters. The summed E-state index contributed by atoms with van der Waals surface area (Å²) in [6, 6.07) is 0.217. The molecule has 0 aliphatic carbocycles. The zero-order valence-electron chi connectivity index (χ0n) is 5.63. The van der Waals surface area contributed by atoms with Gasteiger partial charge in [0.05, 0.1) is 0 Å². The zero-order valence-corrected chi connectivity index (χ0v) is 5.63. The standard InChI is InChI=1S/C6H12N2O/c1-5(9)8-3-2-6(7)4-8/h6H,2-4,7H2,1H3/t6-/m1/s1. The maximum atomic E-state index is 10.7. The summed E-state index contributed by atoms with van der Waals surface area (Å²) in [5.41, 5.74) is 5.57. The number of carbonyl (C=O) groups excluding carboxylic acids is 1. The number of nitrogens with two attached hydrogens (primary N) is 1. The smallest absolute Gasteiger partial charge is 0.219 e. The van der Waals surface area contributed by atoms with E-state index in [0.717, 1.165) is 19.5 Å². The first-order valence-electron chi connectivity index (χ1n) is 3.21. The van der Waals surface area contributed by atoms with Crippen molar-refractivity contribution >= 4 is 5.91 Å². The Morgan fingerprint density at radius 1 is 1.78 bits per heavy atom. The summed E-state index contributed by atoms with van der Waals surface area (Å²) in [5.74, 6) is 0.142. The highest BCUT2D eigenvalue weighted by Crippen LogP contribution is 2.05. The fourth-order valence-corrected chi connectivity index (χ4v) is 1.07. The number of amides is 1. The normalized spacial score (nSPS) is 26.9. The molecule has 0 aromatic rings. The van der Waals surface area contributed by atoms with Crippen molar-refractivity contribution in [3.05, 3.63) is 0 Å². The third-order valence-corrected chi connectivity index (χ3v) is 1.67. The Bertz CT molecular complexity index is 124. The van der Waals surface area contributed by atoms with Gasteiger partial charge in [0.15, 0.2) is 0 Å². The molecule has 1 amide bonds. The lowest BCUT2D eigenvalue weighted by atomic mass is 10.3. The van der Waals surface area contributed by atoms with Crippen molar-refractivity contribution in [3.63, 3.8) is 0 Å². The van der Waals surface area contributed by atoms with Gasteiger partial charge in [-0.05, 0) is 6.42 Å². The fourth-order valence-electron chi connectivity index (χ4n) is 1.07. The summed E-state index contributed by atoms with van der Waals surface area (Å²) in [4.78, 5) is 12.4. The summed E-state index contributed by atoms with van der Waals surface area (Å²) in [6.45, 7) is 3.17. The first kappa shape index (κ1) is 6.55. The van der Waals surface area contributed by atoms with Crippen molar-refractivity contribution in [2.75, 3.05) is 13.1 Å². The quantitative estimate of drug-likeness (QED) is 0.481. The topological polar surface area (TPSA) is 46.3 Å². The van der Waals surface area contributed by atoms with Gasteiger partial charge in [0.2, 0.25) is 5.91 Å². The molecular formula is C6H12N2O. The Morgan fingerprint density at radius 2 is 2.44 bits per heavy atom. The zero-order chi connectivity index (χ0) is 6.85. The number of likely N-dealkylation sites (tertiary alicyclic amines) is 1. The minimum atomic E-state index is 0.142. The van der Waals surface area contributed by atoms with Crippen molar-refractivity contribution in [1.82, 2.24) is 4.90 Å². The SMILES string of the molecule is CC(=O)N1CC[C@@H](N)C1. The van der Waals surface area contributed by atoms with E-state index in [1.54, 1.807) is 11.8 Å². The Labute approximate surface area is 54.8 Å². The summed E-state index contributed by atoms with van der Waals surface area (Å²) < 4.78 is 0. The van der Waals surface area contributed by atoms with E-state index in [0.29, 0.717) is 0 Å². The second-order valence-electron chi connectivity index (χ2n) is 2.51. The van der Waals surface area contributed by atoms with Crippen LogP contribution in [0.25, 0.3) is 0 Å². The molecule has 3 nitrogen and oxygen atoms in total. The maximum absolute atomic E-state index is 10.7. The largest absolute Gasteiger partial charge is 0.341 e. The van der Waals surface area contributed by atoms with Gasteiger partial charge in [-0.3, -0.25) is 4.79 Å². The lowest BCUT2D eigenvalue weighted by Gasteiger charge is -2.11. The van der Waals surface area contributed by atoms with E-state index in [1.807, 2.05) is 0 Å². The molecule has 1 rings (SSSR count). The van der Waals surface area contributed by atoms with Crippen LogP contribution in [0.3, 0.4) is 0 Å². The Balaban J connectivity index is 2.39. The van der Waals surface area contributed by atoms with Gasteiger partial charge in [-0.15, -0.1) is 0 Å². The summed E-state index contributed by atoms with van der Waals surface area (Å²) >= 11 is 0. The third-order valence-electron chi connectivity index (χ3n) is 1.67. The van der Waals surface area contributed by atoms with Gasteiger partial charge in [-0.25, -0.2) is 0 Å². The summed E-state index contributed by atoms with van der Waals surface area (Å²) in [5, 5.41) is 0. The molecule has 52 valence electrons. The Morgan fingerprint density at radius 3 is 2.67 bits per heavy atom. The average molecular weight is 128 g/mol. The molecule has 0 aromatic heterocycles. The van der Waals surface area contributed by atoms with E-state index in [2.05, 4.69) is 0 Å². The number of hydrogen-bond donors (Lipinski definition) is 1. The molecule has 0 radical (unpaired) electrons. The average Bonchev–Trinajstić information content (AvgIpc) is 2.14. The molecule has 1 aliphatic heterocycles.